The Morgan fingerprint density at radius 1 is 0.909 bits per heavy atom. The van der Waals surface area contributed by atoms with Crippen molar-refractivity contribution in [1.29, 1.82) is 0 Å². The zero-order valence-electron chi connectivity index (χ0n) is 12.6. The maximum Gasteiger partial charge on any atom is 0.187 e. The van der Waals surface area contributed by atoms with E-state index in [1.807, 2.05) is 32.0 Å². The molecule has 1 aromatic heterocycles. The number of hydrogen-bond donors (Lipinski definition) is 0. The Morgan fingerprint density at radius 2 is 1.55 bits per heavy atom. The highest BCUT2D eigenvalue weighted by atomic mass is 19.1. The Balaban J connectivity index is 2.18. The fourth-order valence-corrected chi connectivity index (χ4v) is 2.40. The van der Waals surface area contributed by atoms with Crippen molar-refractivity contribution in [1.82, 2.24) is 14.8 Å². The van der Waals surface area contributed by atoms with Gasteiger partial charge in [0.15, 0.2) is 5.82 Å². The number of aromatic nitrogens is 3. The van der Waals surface area contributed by atoms with Crippen molar-refractivity contribution < 1.29 is 8.78 Å². The van der Waals surface area contributed by atoms with Gasteiger partial charge < -0.3 is 0 Å². The highest BCUT2D eigenvalue weighted by Crippen LogP contribution is 2.25. The summed E-state index contributed by atoms with van der Waals surface area (Å²) in [5.41, 5.74) is 2.82. The molecule has 3 nitrogen and oxygen atoms in total. The summed E-state index contributed by atoms with van der Waals surface area (Å²) < 4.78 is 29.4. The molecule has 2 aromatic carbocycles. The van der Waals surface area contributed by atoms with Crippen LogP contribution in [0.4, 0.5) is 8.78 Å². The third-order valence-electron chi connectivity index (χ3n) is 3.76. The Kier molecular flexibility index (Phi) is 3.48. The normalized spacial score (nSPS) is 11.0. The summed E-state index contributed by atoms with van der Waals surface area (Å²) in [6.07, 6.45) is 0. The predicted octanol–water partition coefficient (Wildman–Crippen LogP) is 4.14. The Morgan fingerprint density at radius 3 is 2.23 bits per heavy atom. The molecule has 0 spiro atoms. The van der Waals surface area contributed by atoms with Gasteiger partial charge in [-0.3, -0.25) is 0 Å². The minimum atomic E-state index is -0.668. The molecule has 0 unspecified atom stereocenters. The van der Waals surface area contributed by atoms with Crippen molar-refractivity contribution in [2.75, 3.05) is 0 Å². The van der Waals surface area contributed by atoms with Crippen LogP contribution in [-0.2, 0) is 0 Å². The van der Waals surface area contributed by atoms with E-state index in [0.717, 1.165) is 16.8 Å². The number of rotatable bonds is 2. The van der Waals surface area contributed by atoms with Crippen LogP contribution >= 0.6 is 0 Å². The Labute approximate surface area is 127 Å². The van der Waals surface area contributed by atoms with E-state index in [0.29, 0.717) is 5.82 Å². The van der Waals surface area contributed by atoms with E-state index in [4.69, 9.17) is 0 Å². The molecular formula is C17H15F2N3. The zero-order valence-corrected chi connectivity index (χ0v) is 12.6. The van der Waals surface area contributed by atoms with Crippen LogP contribution in [0.3, 0.4) is 0 Å². The molecule has 0 atom stereocenters. The zero-order chi connectivity index (χ0) is 15.9. The summed E-state index contributed by atoms with van der Waals surface area (Å²) in [6, 6.07) is 9.55. The van der Waals surface area contributed by atoms with Crippen molar-refractivity contribution in [3.8, 4) is 17.1 Å². The molecule has 0 N–H and O–H groups in total. The topological polar surface area (TPSA) is 30.7 Å². The van der Waals surface area contributed by atoms with Gasteiger partial charge in [-0.15, -0.1) is 5.10 Å². The van der Waals surface area contributed by atoms with Crippen LogP contribution < -0.4 is 0 Å². The number of nitrogens with zero attached hydrogens (tertiary/aromatic N) is 3. The molecule has 0 saturated carbocycles. The summed E-state index contributed by atoms with van der Waals surface area (Å²) in [7, 11) is 0. The maximum atomic E-state index is 13.9. The highest BCUT2D eigenvalue weighted by molar-refractivity contribution is 5.57. The molecule has 0 aliphatic heterocycles. The van der Waals surface area contributed by atoms with Gasteiger partial charge in [0, 0.05) is 0 Å². The van der Waals surface area contributed by atoms with Crippen LogP contribution in [0.1, 0.15) is 17.0 Å². The lowest BCUT2D eigenvalue weighted by atomic mass is 10.1. The van der Waals surface area contributed by atoms with Crippen molar-refractivity contribution in [3.63, 3.8) is 0 Å². The first-order valence-electron chi connectivity index (χ1n) is 6.93. The number of benzene rings is 2. The molecule has 112 valence electrons. The largest absolute Gasteiger partial charge is 0.217 e. The molecule has 0 fully saturated rings. The molecule has 0 aliphatic rings. The molecule has 5 heteroatoms. The van der Waals surface area contributed by atoms with Crippen LogP contribution in [-0.4, -0.2) is 14.8 Å². The van der Waals surface area contributed by atoms with Gasteiger partial charge in [-0.2, -0.15) is 0 Å². The van der Waals surface area contributed by atoms with Gasteiger partial charge >= 0.3 is 0 Å². The SMILES string of the molecule is Cc1cccc(-n2nc(-c3c(F)cccc3F)nc2C)c1C. The van der Waals surface area contributed by atoms with E-state index in [1.54, 1.807) is 11.6 Å². The van der Waals surface area contributed by atoms with E-state index < -0.39 is 11.6 Å². The minimum Gasteiger partial charge on any atom is -0.217 e. The Bertz CT molecular complexity index is 833. The van der Waals surface area contributed by atoms with Crippen molar-refractivity contribution in [2.45, 2.75) is 20.8 Å². The Hall–Kier alpha value is -2.56. The molecular weight excluding hydrogens is 284 g/mol. The third kappa shape index (κ3) is 2.28. The molecule has 1 heterocycles. The first-order valence-corrected chi connectivity index (χ1v) is 6.93. The molecule has 3 aromatic rings. The van der Waals surface area contributed by atoms with Crippen LogP contribution in [0.5, 0.6) is 0 Å². The van der Waals surface area contributed by atoms with Crippen LogP contribution in [0.25, 0.3) is 17.1 Å². The second-order valence-corrected chi connectivity index (χ2v) is 5.21. The van der Waals surface area contributed by atoms with Gasteiger partial charge in [-0.25, -0.2) is 18.4 Å². The third-order valence-corrected chi connectivity index (χ3v) is 3.76. The van der Waals surface area contributed by atoms with Gasteiger partial charge in [0.25, 0.3) is 0 Å². The van der Waals surface area contributed by atoms with E-state index in [1.165, 1.54) is 18.2 Å². The summed E-state index contributed by atoms with van der Waals surface area (Å²) in [5.74, 6) is -0.711. The minimum absolute atomic E-state index is 0.0500. The molecule has 0 aliphatic carbocycles. The van der Waals surface area contributed by atoms with Crippen molar-refractivity contribution >= 4 is 0 Å². The molecule has 22 heavy (non-hydrogen) atoms. The van der Waals surface area contributed by atoms with Gasteiger partial charge in [0.1, 0.15) is 17.5 Å². The monoisotopic (exact) mass is 299 g/mol. The number of hydrogen-bond acceptors (Lipinski definition) is 2. The fraction of sp³-hybridized carbons (Fsp3) is 0.176. The molecule has 0 saturated heterocycles. The molecule has 0 radical (unpaired) electrons. The summed E-state index contributed by atoms with van der Waals surface area (Å²) >= 11 is 0. The van der Waals surface area contributed by atoms with E-state index >= 15 is 0 Å². The highest BCUT2D eigenvalue weighted by Gasteiger charge is 2.18. The smallest absolute Gasteiger partial charge is 0.187 e. The molecule has 0 bridgehead atoms. The van der Waals surface area contributed by atoms with Gasteiger partial charge in [0.2, 0.25) is 0 Å². The first kappa shape index (κ1) is 14.4. The molecule has 3 rings (SSSR count). The fourth-order valence-electron chi connectivity index (χ4n) is 2.40. The second kappa shape index (κ2) is 5.33. The van der Waals surface area contributed by atoms with Crippen LogP contribution in [0, 0.1) is 32.4 Å². The average molecular weight is 299 g/mol. The van der Waals surface area contributed by atoms with Crippen LogP contribution in [0.15, 0.2) is 36.4 Å². The van der Waals surface area contributed by atoms with Gasteiger partial charge in [-0.1, -0.05) is 18.2 Å². The van der Waals surface area contributed by atoms with E-state index in [-0.39, 0.29) is 11.4 Å². The lowest BCUT2D eigenvalue weighted by Gasteiger charge is -2.09. The predicted molar refractivity (Wildman–Crippen MR) is 80.9 cm³/mol. The lowest BCUT2D eigenvalue weighted by Crippen LogP contribution is -2.03. The summed E-state index contributed by atoms with van der Waals surface area (Å²) in [4.78, 5) is 4.22. The number of aryl methyl sites for hydroxylation is 2. The summed E-state index contributed by atoms with van der Waals surface area (Å²) in [6.45, 7) is 5.74. The van der Waals surface area contributed by atoms with E-state index in [9.17, 15) is 8.78 Å². The average Bonchev–Trinajstić information content (AvgIpc) is 2.83. The lowest BCUT2D eigenvalue weighted by molar-refractivity contribution is 0.587. The van der Waals surface area contributed by atoms with Crippen LogP contribution in [0.2, 0.25) is 0 Å². The van der Waals surface area contributed by atoms with E-state index in [2.05, 4.69) is 10.1 Å². The second-order valence-electron chi connectivity index (χ2n) is 5.21. The summed E-state index contributed by atoms with van der Waals surface area (Å²) in [5, 5.41) is 4.30. The standard InChI is InChI=1S/C17H15F2N3/c1-10-6-4-9-15(11(10)2)22-12(3)20-17(21-22)16-13(18)7-5-8-14(16)19/h4-9H,1-3H3. The maximum absolute atomic E-state index is 13.9. The van der Waals surface area contributed by atoms with Gasteiger partial charge in [0.05, 0.1) is 11.3 Å². The van der Waals surface area contributed by atoms with Gasteiger partial charge in [-0.05, 0) is 50.1 Å². The van der Waals surface area contributed by atoms with Crippen molar-refractivity contribution in [2.24, 2.45) is 0 Å². The quantitative estimate of drug-likeness (QED) is 0.712. The molecule has 0 amide bonds. The van der Waals surface area contributed by atoms with Crippen molar-refractivity contribution in [3.05, 3.63) is 65.0 Å². The first-order chi connectivity index (χ1) is 10.5. The number of halogens is 2.